The first-order chi connectivity index (χ1) is 18.8. The number of rotatable bonds is 5. The summed E-state index contributed by atoms with van der Waals surface area (Å²) in [6, 6.07) is 14.6. The van der Waals surface area contributed by atoms with Gasteiger partial charge in [-0.15, -0.1) is 0 Å². The van der Waals surface area contributed by atoms with Gasteiger partial charge in [-0.1, -0.05) is 29.0 Å². The molecule has 0 unspecified atom stereocenters. The maximum atomic E-state index is 13.6. The summed E-state index contributed by atoms with van der Waals surface area (Å²) in [5.41, 5.74) is 2.48. The summed E-state index contributed by atoms with van der Waals surface area (Å²) in [6.07, 6.45) is 0.695. The number of hydrogen-bond acceptors (Lipinski definition) is 8. The van der Waals surface area contributed by atoms with Crippen LogP contribution in [-0.4, -0.2) is 42.1 Å². The van der Waals surface area contributed by atoms with Crippen LogP contribution in [0.15, 0.2) is 60.2 Å². The van der Waals surface area contributed by atoms with Crippen LogP contribution in [0.3, 0.4) is 0 Å². The highest BCUT2D eigenvalue weighted by Gasteiger charge is 2.48. The number of aliphatic hydroxyl groups excluding tert-OH is 1. The molecule has 1 aromatic heterocycles. The molecule has 39 heavy (non-hydrogen) atoms. The largest absolute Gasteiger partial charge is 0.507 e. The highest BCUT2D eigenvalue weighted by atomic mass is 35.5. The highest BCUT2D eigenvalue weighted by Crippen LogP contribution is 2.46. The van der Waals surface area contributed by atoms with Crippen molar-refractivity contribution in [2.45, 2.75) is 25.5 Å². The Morgan fingerprint density at radius 3 is 2.64 bits per heavy atom. The summed E-state index contributed by atoms with van der Waals surface area (Å²) in [5, 5.41) is 12.4. The molecule has 3 aromatic carbocycles. The molecular weight excluding hydrogens is 540 g/mol. The van der Waals surface area contributed by atoms with Crippen LogP contribution in [0.5, 0.6) is 17.2 Å². The molecule has 1 amide bonds. The topological polar surface area (TPSA) is 98.2 Å². The lowest BCUT2D eigenvalue weighted by Gasteiger charge is -2.23. The van der Waals surface area contributed by atoms with Gasteiger partial charge in [-0.05, 0) is 66.6 Å². The monoisotopic (exact) mass is 562 g/mol. The first kappa shape index (κ1) is 25.2. The fourth-order valence-electron chi connectivity index (χ4n) is 5.08. The lowest BCUT2D eigenvalue weighted by atomic mass is 9.94. The van der Waals surface area contributed by atoms with Gasteiger partial charge in [-0.25, -0.2) is 4.98 Å². The molecule has 1 saturated heterocycles. The van der Waals surface area contributed by atoms with Gasteiger partial charge in [0.2, 0.25) is 0 Å². The predicted molar refractivity (Wildman–Crippen MR) is 149 cm³/mol. The van der Waals surface area contributed by atoms with Gasteiger partial charge in [0.15, 0.2) is 16.6 Å². The van der Waals surface area contributed by atoms with E-state index in [0.717, 1.165) is 16.0 Å². The number of halogens is 1. The highest BCUT2D eigenvalue weighted by molar-refractivity contribution is 7.22. The third kappa shape index (κ3) is 4.18. The molecule has 0 spiro atoms. The van der Waals surface area contributed by atoms with Gasteiger partial charge in [0.05, 0.1) is 36.1 Å². The Morgan fingerprint density at radius 2 is 1.87 bits per heavy atom. The van der Waals surface area contributed by atoms with Crippen LogP contribution in [-0.2, 0) is 16.0 Å². The second kappa shape index (κ2) is 9.59. The number of aliphatic hydroxyl groups is 1. The maximum absolute atomic E-state index is 13.6. The second-order valence-electron chi connectivity index (χ2n) is 9.35. The normalized spacial score (nSPS) is 19.8. The zero-order valence-electron chi connectivity index (χ0n) is 21.2. The molecule has 8 nitrogen and oxygen atoms in total. The second-order valence-corrected chi connectivity index (χ2v) is 10.8. The predicted octanol–water partition coefficient (Wildman–Crippen LogP) is 5.92. The Balaban J connectivity index is 1.55. The van der Waals surface area contributed by atoms with Crippen molar-refractivity contribution < 1.29 is 28.9 Å². The van der Waals surface area contributed by atoms with Crippen molar-refractivity contribution in [2.24, 2.45) is 0 Å². The Morgan fingerprint density at radius 1 is 1.08 bits per heavy atom. The number of aromatic nitrogens is 1. The van der Waals surface area contributed by atoms with Gasteiger partial charge < -0.3 is 19.3 Å². The molecule has 198 valence electrons. The van der Waals surface area contributed by atoms with E-state index in [1.165, 1.54) is 30.5 Å². The van der Waals surface area contributed by atoms with Crippen LogP contribution in [0.25, 0.3) is 16.0 Å². The molecule has 10 heteroatoms. The number of amides is 1. The van der Waals surface area contributed by atoms with Crippen LogP contribution >= 0.6 is 22.9 Å². The van der Waals surface area contributed by atoms with Crippen LogP contribution < -0.4 is 19.1 Å². The van der Waals surface area contributed by atoms with Gasteiger partial charge in [0.1, 0.15) is 17.6 Å². The van der Waals surface area contributed by atoms with E-state index in [1.807, 2.05) is 6.92 Å². The standard InChI is InChI=1S/C29H23ClN2O6S/c1-14-10-17-11-16(5-8-20(17)38-14)26(33)24-25(15-4-9-21(36-2)22(12-15)37-3)32(28(35)27(24)34)29-31-19-7-6-18(30)13-23(19)39-29/h4-9,11-14,25,33H,10H2,1-3H3/b26-24+/t14-,25-/m0/s1. The van der Waals surface area contributed by atoms with Gasteiger partial charge in [-0.2, -0.15) is 0 Å². The van der Waals surface area contributed by atoms with Crippen molar-refractivity contribution in [2.75, 3.05) is 19.1 Å². The van der Waals surface area contributed by atoms with E-state index in [0.29, 0.717) is 44.7 Å². The van der Waals surface area contributed by atoms with E-state index in [2.05, 4.69) is 4.98 Å². The molecule has 6 rings (SSSR count). The number of anilines is 1. The smallest absolute Gasteiger partial charge is 0.301 e. The summed E-state index contributed by atoms with van der Waals surface area (Å²) < 4.78 is 17.4. The van der Waals surface area contributed by atoms with Crippen LogP contribution in [0.4, 0.5) is 5.13 Å². The van der Waals surface area contributed by atoms with E-state index in [4.69, 9.17) is 25.8 Å². The number of ketones is 1. The molecule has 0 bridgehead atoms. The van der Waals surface area contributed by atoms with E-state index in [9.17, 15) is 14.7 Å². The first-order valence-corrected chi connectivity index (χ1v) is 13.4. The van der Waals surface area contributed by atoms with Gasteiger partial charge >= 0.3 is 5.91 Å². The zero-order valence-corrected chi connectivity index (χ0v) is 22.8. The summed E-state index contributed by atoms with van der Waals surface area (Å²) in [7, 11) is 3.03. The minimum Gasteiger partial charge on any atom is -0.507 e. The SMILES string of the molecule is COc1ccc([C@H]2/C(=C(\O)c3ccc4c(c3)C[C@H](C)O4)C(=O)C(=O)N2c2nc3ccc(Cl)cc3s2)cc1OC. The number of carbonyl (C=O) groups is 2. The average Bonchev–Trinajstić information content (AvgIpc) is 3.59. The summed E-state index contributed by atoms with van der Waals surface area (Å²) in [5.74, 6) is -0.235. The molecule has 0 saturated carbocycles. The Hall–Kier alpha value is -4.08. The van der Waals surface area contributed by atoms with E-state index < -0.39 is 17.7 Å². The molecule has 2 aliphatic heterocycles. The van der Waals surface area contributed by atoms with E-state index in [-0.39, 0.29) is 17.4 Å². The number of ether oxygens (including phenoxy) is 3. The number of carbonyl (C=O) groups excluding carboxylic acids is 2. The fraction of sp³-hybridized carbons (Fsp3) is 0.207. The summed E-state index contributed by atoms with van der Waals surface area (Å²) in [4.78, 5) is 33.1. The van der Waals surface area contributed by atoms with Crippen LogP contribution in [0.1, 0.15) is 29.7 Å². The zero-order chi connectivity index (χ0) is 27.4. The van der Waals surface area contributed by atoms with E-state index >= 15 is 0 Å². The molecule has 2 aliphatic rings. The van der Waals surface area contributed by atoms with Crippen molar-refractivity contribution in [3.8, 4) is 17.2 Å². The quantitative estimate of drug-likeness (QED) is 0.183. The number of fused-ring (bicyclic) bond motifs is 2. The third-order valence-corrected chi connectivity index (χ3v) is 8.14. The molecule has 2 atom stereocenters. The van der Waals surface area contributed by atoms with Gasteiger partial charge in [-0.3, -0.25) is 14.5 Å². The number of benzene rings is 3. The fourth-order valence-corrected chi connectivity index (χ4v) is 6.35. The van der Waals surface area contributed by atoms with Crippen LogP contribution in [0, 0.1) is 0 Å². The average molecular weight is 563 g/mol. The minimum atomic E-state index is -0.968. The third-order valence-electron chi connectivity index (χ3n) is 6.88. The first-order valence-electron chi connectivity index (χ1n) is 12.2. The Labute approximate surface area is 233 Å². The number of thiazole rings is 1. The van der Waals surface area contributed by atoms with Gasteiger partial charge in [0, 0.05) is 17.0 Å². The molecule has 0 aliphatic carbocycles. The molecule has 0 radical (unpaired) electrons. The van der Waals surface area contributed by atoms with Crippen molar-refractivity contribution in [1.29, 1.82) is 0 Å². The van der Waals surface area contributed by atoms with Crippen molar-refractivity contribution in [3.05, 3.63) is 81.9 Å². The summed E-state index contributed by atoms with van der Waals surface area (Å²) in [6.45, 7) is 1.97. The lowest BCUT2D eigenvalue weighted by Crippen LogP contribution is -2.29. The summed E-state index contributed by atoms with van der Waals surface area (Å²) >= 11 is 7.41. The number of hydrogen-bond donors (Lipinski definition) is 1. The van der Waals surface area contributed by atoms with E-state index in [1.54, 1.807) is 54.6 Å². The molecule has 4 aromatic rings. The Kier molecular flexibility index (Phi) is 6.20. The lowest BCUT2D eigenvalue weighted by molar-refractivity contribution is -0.132. The van der Waals surface area contributed by atoms with Crippen molar-refractivity contribution >= 4 is 55.7 Å². The maximum Gasteiger partial charge on any atom is 0.301 e. The van der Waals surface area contributed by atoms with Gasteiger partial charge in [0.25, 0.3) is 5.78 Å². The number of nitrogens with zero attached hydrogens (tertiary/aromatic N) is 2. The van der Waals surface area contributed by atoms with Crippen LogP contribution in [0.2, 0.25) is 5.02 Å². The van der Waals surface area contributed by atoms with Crippen molar-refractivity contribution in [3.63, 3.8) is 0 Å². The number of methoxy groups -OCH3 is 2. The molecule has 1 fully saturated rings. The molecule has 1 N–H and O–H groups in total. The molecular formula is C29H23ClN2O6S. The number of Topliss-reactive ketones (excluding diaryl/α,β-unsaturated/α-hetero) is 1. The Bertz CT molecular complexity index is 1700. The van der Waals surface area contributed by atoms with Crippen molar-refractivity contribution in [1.82, 2.24) is 4.98 Å². The minimum absolute atomic E-state index is 0.0160. The molecule has 3 heterocycles.